The maximum atomic E-state index is 8.93. The van der Waals surface area contributed by atoms with Gasteiger partial charge in [0.05, 0.1) is 9.47 Å². The van der Waals surface area contributed by atoms with Gasteiger partial charge in [0.25, 0.3) is 6.47 Å². The van der Waals surface area contributed by atoms with Crippen molar-refractivity contribution in [2.24, 2.45) is 0 Å². The third-order valence-electron chi connectivity index (χ3n) is 0.0556. The molecule has 0 bridgehead atoms. The molecule has 0 rings (SSSR count). The second-order valence-corrected chi connectivity index (χ2v) is 0.504. The number of rotatable bonds is 1. The van der Waals surface area contributed by atoms with E-state index in [9.17, 15) is 0 Å². The van der Waals surface area contributed by atoms with Crippen LogP contribution in [0.5, 0.6) is 0 Å². The Balaban J connectivity index is -0.0000000150. The fraction of sp³-hybridized carbons (Fsp3) is 0. The van der Waals surface area contributed by atoms with Crippen molar-refractivity contribution in [3.8, 4) is 0 Å². The van der Waals surface area contributed by atoms with Crippen LogP contribution in [-0.2, 0) is 9.32 Å². The zero-order valence-corrected chi connectivity index (χ0v) is 3.13. The molecule has 0 amide bonds. The maximum absolute atomic E-state index is 8.93. The molecule has 0 aromatic rings. The molecule has 0 spiro atoms. The predicted octanol–water partition coefficient (Wildman–Crippen LogP) is -2.00. The molecule has 0 aliphatic rings. The van der Waals surface area contributed by atoms with Crippen LogP contribution in [0.4, 0.5) is 0 Å². The third-order valence-corrected chi connectivity index (χ3v) is 0.167. The summed E-state index contributed by atoms with van der Waals surface area (Å²) in [6.45, 7) is 0.338. The Morgan fingerprint density at radius 3 is 1.43 bits per heavy atom. The summed E-state index contributed by atoms with van der Waals surface area (Å²) < 4.78 is 3.78. The molecule has 0 aromatic carbocycles. The van der Waals surface area contributed by atoms with E-state index >= 15 is 0 Å². The standard InChI is InChI=1S/CH3O2P.3Na.3H/c2-1-3-4;;;;;;/h1H,4H2;;;;;;. The van der Waals surface area contributed by atoms with Gasteiger partial charge in [0.15, 0.2) is 0 Å². The third kappa shape index (κ3) is 27.9. The summed E-state index contributed by atoms with van der Waals surface area (Å²) in [5.74, 6) is 0. The molecule has 0 saturated carbocycles. The fourth-order valence-corrected chi connectivity index (χ4v) is 0. The molecule has 0 fully saturated rings. The quantitative estimate of drug-likeness (QED) is 0.245. The Kier molecular flexibility index (Phi) is 74.5. The Labute approximate surface area is 112 Å². The first-order valence-electron chi connectivity index (χ1n) is 0.707. The Bertz CT molecular complexity index is 26.9. The first-order valence-corrected chi connectivity index (χ1v) is 1.18. The van der Waals surface area contributed by atoms with E-state index in [0.717, 1.165) is 0 Å². The van der Waals surface area contributed by atoms with E-state index in [4.69, 9.17) is 4.79 Å². The first-order chi connectivity index (χ1) is 1.91. The molecule has 6 heteroatoms. The Morgan fingerprint density at radius 2 is 1.43 bits per heavy atom. The van der Waals surface area contributed by atoms with Gasteiger partial charge in [-0.05, 0) is 0 Å². The van der Waals surface area contributed by atoms with E-state index in [-0.39, 0.29) is 88.7 Å². The number of hydrogen-bond donors (Lipinski definition) is 0. The summed E-state index contributed by atoms with van der Waals surface area (Å²) in [7, 11) is 1.79. The molecular weight excluding hydrogens is 144 g/mol. The van der Waals surface area contributed by atoms with Gasteiger partial charge < -0.3 is 4.52 Å². The van der Waals surface area contributed by atoms with Crippen molar-refractivity contribution in [3.63, 3.8) is 0 Å². The fourth-order valence-electron chi connectivity index (χ4n) is 0. The van der Waals surface area contributed by atoms with Crippen LogP contribution >= 0.6 is 9.47 Å². The summed E-state index contributed by atoms with van der Waals surface area (Å²) in [5.41, 5.74) is 0. The van der Waals surface area contributed by atoms with E-state index < -0.39 is 0 Å². The molecule has 30 valence electrons. The number of carbonyl (C=O) groups excluding carboxylic acids is 1. The summed E-state index contributed by atoms with van der Waals surface area (Å²) in [4.78, 5) is 8.93. The average Bonchev–Trinajstić information content (AvgIpc) is 1.37. The molecule has 1 atom stereocenters. The van der Waals surface area contributed by atoms with Gasteiger partial charge in [-0.1, -0.05) is 0 Å². The molecule has 0 saturated heterocycles. The number of hydrogen-bond acceptors (Lipinski definition) is 2. The molecule has 0 radical (unpaired) electrons. The normalized spacial score (nSPS) is 3.00. The van der Waals surface area contributed by atoms with Crippen molar-refractivity contribution >= 4 is 105 Å². The Morgan fingerprint density at radius 1 is 1.29 bits per heavy atom. The molecule has 0 aliphatic carbocycles. The van der Waals surface area contributed by atoms with Gasteiger partial charge in [0.2, 0.25) is 0 Å². The minimum absolute atomic E-state index is 0. The van der Waals surface area contributed by atoms with Crippen LogP contribution in [0, 0.1) is 0 Å². The summed E-state index contributed by atoms with van der Waals surface area (Å²) in [5, 5.41) is 0. The van der Waals surface area contributed by atoms with Crippen LogP contribution < -0.4 is 0 Å². The van der Waals surface area contributed by atoms with Gasteiger partial charge >= 0.3 is 88.7 Å². The van der Waals surface area contributed by atoms with Crippen molar-refractivity contribution in [1.82, 2.24) is 0 Å². The van der Waals surface area contributed by atoms with Gasteiger partial charge in [0.1, 0.15) is 0 Å². The van der Waals surface area contributed by atoms with Gasteiger partial charge in [0, 0.05) is 0 Å². The second-order valence-electron chi connectivity index (χ2n) is 0.232. The zero-order valence-electron chi connectivity index (χ0n) is 1.97. The van der Waals surface area contributed by atoms with Crippen LogP contribution in [-0.4, -0.2) is 95.1 Å². The van der Waals surface area contributed by atoms with E-state index in [1.807, 2.05) is 0 Å². The van der Waals surface area contributed by atoms with Crippen LogP contribution in [0.3, 0.4) is 0 Å². The molecule has 0 heterocycles. The molecular formula is CH6Na3O2P. The van der Waals surface area contributed by atoms with Gasteiger partial charge in [-0.3, -0.25) is 4.79 Å². The minimum atomic E-state index is 0. The van der Waals surface area contributed by atoms with Gasteiger partial charge in [-0.2, -0.15) is 0 Å². The molecule has 0 N–H and O–H groups in total. The van der Waals surface area contributed by atoms with Crippen molar-refractivity contribution in [3.05, 3.63) is 0 Å². The number of carbonyl (C=O) groups is 1. The van der Waals surface area contributed by atoms with E-state index in [2.05, 4.69) is 4.52 Å². The second kappa shape index (κ2) is 23.1. The first kappa shape index (κ1) is 22.5. The average molecular weight is 150 g/mol. The summed E-state index contributed by atoms with van der Waals surface area (Å²) in [6, 6.07) is 0. The van der Waals surface area contributed by atoms with Crippen molar-refractivity contribution in [1.29, 1.82) is 0 Å². The zero-order chi connectivity index (χ0) is 3.41. The summed E-state index contributed by atoms with van der Waals surface area (Å²) >= 11 is 0. The monoisotopic (exact) mass is 150 g/mol. The molecule has 0 aliphatic heterocycles. The van der Waals surface area contributed by atoms with Gasteiger partial charge in [-0.15, -0.1) is 0 Å². The predicted molar refractivity (Wildman–Crippen MR) is 38.3 cm³/mol. The molecule has 7 heavy (non-hydrogen) atoms. The van der Waals surface area contributed by atoms with Crippen molar-refractivity contribution < 1.29 is 9.32 Å². The van der Waals surface area contributed by atoms with Gasteiger partial charge in [-0.25, -0.2) is 0 Å². The van der Waals surface area contributed by atoms with Crippen LogP contribution in [0.25, 0.3) is 0 Å². The molecule has 2 nitrogen and oxygen atoms in total. The van der Waals surface area contributed by atoms with E-state index in [1.165, 1.54) is 0 Å². The van der Waals surface area contributed by atoms with Crippen molar-refractivity contribution in [2.45, 2.75) is 0 Å². The Hall–Kier alpha value is 2.90. The topological polar surface area (TPSA) is 26.3 Å². The van der Waals surface area contributed by atoms with Crippen LogP contribution in [0.1, 0.15) is 0 Å². The van der Waals surface area contributed by atoms with Crippen LogP contribution in [0.15, 0.2) is 0 Å². The molecule has 0 aromatic heterocycles. The summed E-state index contributed by atoms with van der Waals surface area (Å²) in [6.07, 6.45) is 0. The molecule has 1 unspecified atom stereocenters. The van der Waals surface area contributed by atoms with Crippen molar-refractivity contribution in [2.75, 3.05) is 0 Å². The SMILES string of the molecule is O=COP.[NaH].[NaH].[NaH]. The van der Waals surface area contributed by atoms with E-state index in [0.29, 0.717) is 6.47 Å². The van der Waals surface area contributed by atoms with E-state index in [1.54, 1.807) is 9.47 Å². The van der Waals surface area contributed by atoms with Crippen LogP contribution in [0.2, 0.25) is 0 Å².